The summed E-state index contributed by atoms with van der Waals surface area (Å²) in [6.45, 7) is 2.74. The Morgan fingerprint density at radius 1 is 0.964 bits per heavy atom. The zero-order chi connectivity index (χ0) is 19.6. The van der Waals surface area contributed by atoms with Crippen molar-refractivity contribution in [3.05, 3.63) is 84.3 Å². The Kier molecular flexibility index (Phi) is 7.13. The highest BCUT2D eigenvalue weighted by atomic mass is 16.5. The van der Waals surface area contributed by atoms with Gasteiger partial charge in [0.25, 0.3) is 5.91 Å². The van der Waals surface area contributed by atoms with Crippen molar-refractivity contribution in [3.8, 4) is 11.5 Å². The van der Waals surface area contributed by atoms with E-state index >= 15 is 0 Å². The summed E-state index contributed by atoms with van der Waals surface area (Å²) in [5.74, 6) is 2.12. The molecule has 0 radical (unpaired) electrons. The molecule has 0 saturated carbocycles. The minimum absolute atomic E-state index is 0.0204. The van der Waals surface area contributed by atoms with Gasteiger partial charge in [0.05, 0.1) is 11.8 Å². The van der Waals surface area contributed by atoms with Gasteiger partial charge in [-0.05, 0) is 49.7 Å². The Labute approximate surface area is 165 Å². The molecule has 0 saturated heterocycles. The molecule has 0 spiro atoms. The number of rotatable bonds is 10. The number of furan rings is 1. The predicted octanol–water partition coefficient (Wildman–Crippen LogP) is 4.49. The van der Waals surface area contributed by atoms with Crippen molar-refractivity contribution in [3.63, 3.8) is 0 Å². The number of hydrogen-bond donors (Lipinski definition) is 1. The Bertz CT molecular complexity index is 846. The standard InChI is InChI=1S/C23H25NO4/c1-18(13-14-20-10-7-15-26-20)24-23(25)21-11-5-6-12-22(21)28-17-16-27-19-8-3-2-4-9-19/h2-12,15,18H,13-14,16-17H2,1H3,(H,24,25). The van der Waals surface area contributed by atoms with E-state index < -0.39 is 0 Å². The van der Waals surface area contributed by atoms with Crippen LogP contribution in [0.5, 0.6) is 11.5 Å². The van der Waals surface area contributed by atoms with Crippen LogP contribution in [0, 0.1) is 0 Å². The van der Waals surface area contributed by atoms with Gasteiger partial charge in [0.2, 0.25) is 0 Å². The zero-order valence-corrected chi connectivity index (χ0v) is 16.0. The molecule has 1 aromatic heterocycles. The van der Waals surface area contributed by atoms with Gasteiger partial charge in [-0.3, -0.25) is 4.79 Å². The molecule has 0 aliphatic rings. The molecule has 2 aromatic carbocycles. The van der Waals surface area contributed by atoms with Crippen LogP contribution in [0.25, 0.3) is 0 Å². The van der Waals surface area contributed by atoms with Crippen molar-refractivity contribution >= 4 is 5.91 Å². The van der Waals surface area contributed by atoms with Crippen LogP contribution in [-0.2, 0) is 6.42 Å². The SMILES string of the molecule is CC(CCc1ccco1)NC(=O)c1ccccc1OCCOc1ccccc1. The van der Waals surface area contributed by atoms with Gasteiger partial charge in [0, 0.05) is 12.5 Å². The van der Waals surface area contributed by atoms with E-state index in [0.29, 0.717) is 24.5 Å². The molecule has 0 fully saturated rings. The third-order valence-corrected chi connectivity index (χ3v) is 4.27. The van der Waals surface area contributed by atoms with Gasteiger partial charge in [-0.15, -0.1) is 0 Å². The Morgan fingerprint density at radius 2 is 1.71 bits per heavy atom. The molecular weight excluding hydrogens is 354 g/mol. The van der Waals surface area contributed by atoms with Gasteiger partial charge in [-0.2, -0.15) is 0 Å². The van der Waals surface area contributed by atoms with E-state index in [1.54, 1.807) is 18.4 Å². The Hall–Kier alpha value is -3.21. The second-order valence-electron chi connectivity index (χ2n) is 6.50. The third kappa shape index (κ3) is 5.91. The third-order valence-electron chi connectivity index (χ3n) is 4.27. The van der Waals surface area contributed by atoms with E-state index in [1.165, 1.54) is 0 Å². The maximum absolute atomic E-state index is 12.6. The van der Waals surface area contributed by atoms with Gasteiger partial charge >= 0.3 is 0 Å². The van der Waals surface area contributed by atoms with E-state index in [-0.39, 0.29) is 11.9 Å². The molecule has 0 bridgehead atoms. The molecule has 28 heavy (non-hydrogen) atoms. The van der Waals surface area contributed by atoms with Crippen LogP contribution in [0.3, 0.4) is 0 Å². The second-order valence-corrected chi connectivity index (χ2v) is 6.50. The fourth-order valence-electron chi connectivity index (χ4n) is 2.80. The van der Waals surface area contributed by atoms with Crippen molar-refractivity contribution in [2.45, 2.75) is 25.8 Å². The van der Waals surface area contributed by atoms with Gasteiger partial charge < -0.3 is 19.2 Å². The first-order valence-electron chi connectivity index (χ1n) is 9.45. The molecule has 1 atom stereocenters. The summed E-state index contributed by atoms with van der Waals surface area (Å²) in [5, 5.41) is 3.02. The molecule has 1 heterocycles. The predicted molar refractivity (Wildman–Crippen MR) is 108 cm³/mol. The highest BCUT2D eigenvalue weighted by Crippen LogP contribution is 2.18. The number of nitrogens with one attached hydrogen (secondary N) is 1. The Balaban J connectivity index is 1.48. The fourth-order valence-corrected chi connectivity index (χ4v) is 2.80. The first kappa shape index (κ1) is 19.5. The Morgan fingerprint density at radius 3 is 2.50 bits per heavy atom. The van der Waals surface area contributed by atoms with E-state index in [4.69, 9.17) is 13.9 Å². The van der Waals surface area contributed by atoms with Crippen molar-refractivity contribution in [2.75, 3.05) is 13.2 Å². The molecule has 1 unspecified atom stereocenters. The molecule has 3 aromatic rings. The number of para-hydroxylation sites is 2. The number of aryl methyl sites for hydroxylation is 1. The van der Waals surface area contributed by atoms with Gasteiger partial charge in [0.15, 0.2) is 0 Å². The quantitative estimate of drug-likeness (QED) is 0.527. The first-order chi connectivity index (χ1) is 13.7. The van der Waals surface area contributed by atoms with Crippen molar-refractivity contribution in [1.29, 1.82) is 0 Å². The summed E-state index contributed by atoms with van der Waals surface area (Å²) in [6.07, 6.45) is 3.24. The van der Waals surface area contributed by atoms with Crippen LogP contribution in [0.1, 0.15) is 29.5 Å². The summed E-state index contributed by atoms with van der Waals surface area (Å²) < 4.78 is 16.7. The molecule has 3 rings (SSSR count). The fraction of sp³-hybridized carbons (Fsp3) is 0.261. The lowest BCUT2D eigenvalue weighted by molar-refractivity contribution is 0.0933. The highest BCUT2D eigenvalue weighted by molar-refractivity contribution is 5.97. The lowest BCUT2D eigenvalue weighted by Gasteiger charge is -2.16. The molecule has 1 amide bonds. The number of benzene rings is 2. The average molecular weight is 379 g/mol. The molecule has 5 nitrogen and oxygen atoms in total. The second kappa shape index (κ2) is 10.2. The lowest BCUT2D eigenvalue weighted by Crippen LogP contribution is -2.33. The summed E-state index contributed by atoms with van der Waals surface area (Å²) in [6, 6.07) is 20.6. The maximum Gasteiger partial charge on any atom is 0.255 e. The molecule has 1 N–H and O–H groups in total. The minimum Gasteiger partial charge on any atom is -0.490 e. The summed E-state index contributed by atoms with van der Waals surface area (Å²) in [7, 11) is 0. The van der Waals surface area contributed by atoms with E-state index in [2.05, 4.69) is 5.32 Å². The summed E-state index contributed by atoms with van der Waals surface area (Å²) in [4.78, 5) is 12.6. The van der Waals surface area contributed by atoms with Crippen LogP contribution >= 0.6 is 0 Å². The minimum atomic E-state index is -0.147. The largest absolute Gasteiger partial charge is 0.490 e. The van der Waals surface area contributed by atoms with Crippen LogP contribution in [-0.4, -0.2) is 25.2 Å². The average Bonchev–Trinajstić information content (AvgIpc) is 3.24. The van der Waals surface area contributed by atoms with E-state index in [9.17, 15) is 4.79 Å². The highest BCUT2D eigenvalue weighted by Gasteiger charge is 2.15. The van der Waals surface area contributed by atoms with Gasteiger partial charge in [-0.25, -0.2) is 0 Å². The monoisotopic (exact) mass is 379 g/mol. The van der Waals surface area contributed by atoms with E-state index in [0.717, 1.165) is 24.4 Å². The first-order valence-corrected chi connectivity index (χ1v) is 9.45. The maximum atomic E-state index is 12.6. The molecular formula is C23H25NO4. The number of carbonyl (C=O) groups excluding carboxylic acids is 1. The van der Waals surface area contributed by atoms with Crippen LogP contribution in [0.15, 0.2) is 77.4 Å². The van der Waals surface area contributed by atoms with E-state index in [1.807, 2.05) is 61.5 Å². The summed E-state index contributed by atoms with van der Waals surface area (Å²) in [5.41, 5.74) is 0.520. The number of hydrogen-bond acceptors (Lipinski definition) is 4. The van der Waals surface area contributed by atoms with Crippen molar-refractivity contribution in [2.24, 2.45) is 0 Å². The van der Waals surface area contributed by atoms with Crippen LogP contribution < -0.4 is 14.8 Å². The van der Waals surface area contributed by atoms with Crippen LogP contribution in [0.4, 0.5) is 0 Å². The number of amides is 1. The summed E-state index contributed by atoms with van der Waals surface area (Å²) >= 11 is 0. The number of ether oxygens (including phenoxy) is 2. The van der Waals surface area contributed by atoms with Crippen LogP contribution in [0.2, 0.25) is 0 Å². The van der Waals surface area contributed by atoms with Crippen molar-refractivity contribution in [1.82, 2.24) is 5.32 Å². The normalized spacial score (nSPS) is 11.6. The number of carbonyl (C=O) groups is 1. The lowest BCUT2D eigenvalue weighted by atomic mass is 10.1. The van der Waals surface area contributed by atoms with Gasteiger partial charge in [-0.1, -0.05) is 30.3 Å². The van der Waals surface area contributed by atoms with Gasteiger partial charge in [0.1, 0.15) is 30.5 Å². The smallest absolute Gasteiger partial charge is 0.255 e. The zero-order valence-electron chi connectivity index (χ0n) is 16.0. The molecule has 0 aliphatic heterocycles. The molecule has 146 valence electrons. The molecule has 5 heteroatoms. The topological polar surface area (TPSA) is 60.7 Å². The van der Waals surface area contributed by atoms with Crippen molar-refractivity contribution < 1.29 is 18.7 Å². The molecule has 0 aliphatic carbocycles.